The van der Waals surface area contributed by atoms with Gasteiger partial charge in [-0.1, -0.05) is 12.1 Å². The van der Waals surface area contributed by atoms with Crippen LogP contribution in [0.3, 0.4) is 0 Å². The Kier molecular flexibility index (Phi) is 6.45. The van der Waals surface area contributed by atoms with Gasteiger partial charge in [0.25, 0.3) is 0 Å². The van der Waals surface area contributed by atoms with Crippen LogP contribution in [0.1, 0.15) is 19.4 Å². The van der Waals surface area contributed by atoms with E-state index in [9.17, 15) is 21.2 Å². The minimum atomic E-state index is -3.89. The smallest absolute Gasteiger partial charge is 0.240 e. The third-order valence-corrected chi connectivity index (χ3v) is 6.31. The molecule has 0 fully saturated rings. The molecule has 0 unspecified atom stereocenters. The molecule has 0 amide bonds. The van der Waals surface area contributed by atoms with Crippen molar-refractivity contribution in [2.45, 2.75) is 30.5 Å². The van der Waals surface area contributed by atoms with Crippen molar-refractivity contribution in [1.29, 1.82) is 0 Å². The van der Waals surface area contributed by atoms with Crippen LogP contribution in [-0.4, -0.2) is 30.0 Å². The zero-order valence-corrected chi connectivity index (χ0v) is 16.7. The summed E-state index contributed by atoms with van der Waals surface area (Å²) in [6, 6.07) is 8.60. The molecule has 27 heavy (non-hydrogen) atoms. The average molecular weight is 416 g/mol. The Hall–Kier alpha value is -2.17. The van der Waals surface area contributed by atoms with Crippen LogP contribution in [0.2, 0.25) is 0 Å². The number of sulfonamides is 2. The van der Waals surface area contributed by atoms with Crippen molar-refractivity contribution < 1.29 is 26.0 Å². The average Bonchev–Trinajstić information content (AvgIpc) is 2.55. The Morgan fingerprint density at radius 3 is 2.22 bits per heavy atom. The minimum Gasteiger partial charge on any atom is -0.495 e. The predicted octanol–water partition coefficient (Wildman–Crippen LogP) is 2.46. The van der Waals surface area contributed by atoms with E-state index < -0.39 is 31.6 Å². The van der Waals surface area contributed by atoms with E-state index in [1.165, 1.54) is 37.4 Å². The molecule has 0 aliphatic carbocycles. The molecule has 0 heterocycles. The Bertz CT molecular complexity index is 1000. The first-order valence-electron chi connectivity index (χ1n) is 7.98. The highest BCUT2D eigenvalue weighted by Crippen LogP contribution is 2.29. The molecule has 2 aromatic rings. The molecule has 0 saturated carbocycles. The maximum absolute atomic E-state index is 13.0. The Morgan fingerprint density at radius 1 is 1.04 bits per heavy atom. The van der Waals surface area contributed by atoms with Crippen molar-refractivity contribution in [3.8, 4) is 5.75 Å². The summed E-state index contributed by atoms with van der Waals surface area (Å²) in [5.41, 5.74) is 0.374. The van der Waals surface area contributed by atoms with E-state index in [2.05, 4.69) is 9.44 Å². The second-order valence-electron chi connectivity index (χ2n) is 6.13. The first kappa shape index (κ1) is 21.1. The predicted molar refractivity (Wildman–Crippen MR) is 101 cm³/mol. The lowest BCUT2D eigenvalue weighted by Crippen LogP contribution is -2.30. The van der Waals surface area contributed by atoms with Gasteiger partial charge in [0.2, 0.25) is 20.0 Å². The molecule has 2 N–H and O–H groups in total. The first-order chi connectivity index (χ1) is 12.5. The SMILES string of the molecule is COc1ccc(S(=O)(=O)NC(C)C)cc1NS(=O)(=O)Cc1ccc(F)cc1. The van der Waals surface area contributed by atoms with E-state index >= 15 is 0 Å². The summed E-state index contributed by atoms with van der Waals surface area (Å²) in [4.78, 5) is -0.100. The molecule has 0 radical (unpaired) electrons. The van der Waals surface area contributed by atoms with E-state index in [0.717, 1.165) is 12.1 Å². The molecular weight excluding hydrogens is 395 g/mol. The maximum atomic E-state index is 13.0. The number of hydrogen-bond donors (Lipinski definition) is 2. The van der Waals surface area contributed by atoms with E-state index in [-0.39, 0.29) is 22.4 Å². The summed E-state index contributed by atoms with van der Waals surface area (Å²) < 4.78 is 72.3. The molecule has 0 bridgehead atoms. The van der Waals surface area contributed by atoms with Gasteiger partial charge in [-0.2, -0.15) is 0 Å². The lowest BCUT2D eigenvalue weighted by molar-refractivity contribution is 0.416. The highest BCUT2D eigenvalue weighted by atomic mass is 32.2. The molecule has 0 atom stereocenters. The van der Waals surface area contributed by atoms with Gasteiger partial charge in [0, 0.05) is 6.04 Å². The number of methoxy groups -OCH3 is 1. The third kappa shape index (κ3) is 5.91. The number of anilines is 1. The van der Waals surface area contributed by atoms with Gasteiger partial charge in [-0.3, -0.25) is 4.72 Å². The van der Waals surface area contributed by atoms with E-state index in [4.69, 9.17) is 4.74 Å². The van der Waals surface area contributed by atoms with Crippen molar-refractivity contribution in [2.75, 3.05) is 11.8 Å². The van der Waals surface area contributed by atoms with E-state index in [1.54, 1.807) is 13.8 Å². The zero-order valence-electron chi connectivity index (χ0n) is 15.1. The van der Waals surface area contributed by atoms with Crippen LogP contribution in [0.15, 0.2) is 47.4 Å². The molecule has 7 nitrogen and oxygen atoms in total. The van der Waals surface area contributed by atoms with Crippen LogP contribution in [0, 0.1) is 5.82 Å². The van der Waals surface area contributed by atoms with Gasteiger partial charge in [-0.15, -0.1) is 0 Å². The van der Waals surface area contributed by atoms with Crippen molar-refractivity contribution >= 4 is 25.7 Å². The fraction of sp³-hybridized carbons (Fsp3) is 0.294. The number of benzene rings is 2. The van der Waals surface area contributed by atoms with Gasteiger partial charge in [-0.05, 0) is 49.7 Å². The maximum Gasteiger partial charge on any atom is 0.240 e. The summed E-state index contributed by atoms with van der Waals surface area (Å²) in [6.45, 7) is 3.35. The van der Waals surface area contributed by atoms with Crippen LogP contribution in [-0.2, 0) is 25.8 Å². The summed E-state index contributed by atoms with van der Waals surface area (Å²) in [6.07, 6.45) is 0. The monoisotopic (exact) mass is 416 g/mol. The lowest BCUT2D eigenvalue weighted by atomic mass is 10.2. The van der Waals surface area contributed by atoms with Gasteiger partial charge < -0.3 is 4.74 Å². The molecule has 0 aliphatic rings. The standard InChI is InChI=1S/C17H21FN2O5S2/c1-12(2)19-27(23,24)15-8-9-17(25-3)16(10-15)20-26(21,22)11-13-4-6-14(18)7-5-13/h4-10,12,19-20H,11H2,1-3H3. The number of rotatable bonds is 8. The number of hydrogen-bond acceptors (Lipinski definition) is 5. The van der Waals surface area contributed by atoms with Gasteiger partial charge in [0.05, 0.1) is 23.4 Å². The van der Waals surface area contributed by atoms with Crippen LogP contribution in [0.4, 0.5) is 10.1 Å². The Balaban J connectivity index is 2.33. The van der Waals surface area contributed by atoms with Crippen molar-refractivity contribution in [3.63, 3.8) is 0 Å². The molecule has 0 aromatic heterocycles. The summed E-state index contributed by atoms with van der Waals surface area (Å²) in [5.74, 6) is -0.708. The second kappa shape index (κ2) is 8.24. The Labute approximate surface area is 158 Å². The van der Waals surface area contributed by atoms with Gasteiger partial charge in [0.1, 0.15) is 11.6 Å². The molecule has 2 rings (SSSR count). The summed E-state index contributed by atoms with van der Waals surface area (Å²) in [7, 11) is -6.35. The van der Waals surface area contributed by atoms with Crippen LogP contribution in [0.5, 0.6) is 5.75 Å². The zero-order chi connectivity index (χ0) is 20.2. The molecular formula is C17H21FN2O5S2. The van der Waals surface area contributed by atoms with Gasteiger partial charge >= 0.3 is 0 Å². The minimum absolute atomic E-state index is 0.00811. The molecule has 0 aliphatic heterocycles. The summed E-state index contributed by atoms with van der Waals surface area (Å²) >= 11 is 0. The van der Waals surface area contributed by atoms with E-state index in [1.807, 2.05) is 0 Å². The highest BCUT2D eigenvalue weighted by molar-refractivity contribution is 7.92. The molecule has 148 valence electrons. The van der Waals surface area contributed by atoms with Crippen LogP contribution >= 0.6 is 0 Å². The quantitative estimate of drug-likeness (QED) is 0.688. The fourth-order valence-corrected chi connectivity index (χ4v) is 4.79. The Morgan fingerprint density at radius 2 is 1.67 bits per heavy atom. The van der Waals surface area contributed by atoms with E-state index in [0.29, 0.717) is 5.56 Å². The lowest BCUT2D eigenvalue weighted by Gasteiger charge is -2.15. The first-order valence-corrected chi connectivity index (χ1v) is 11.1. The van der Waals surface area contributed by atoms with Crippen molar-refractivity contribution in [1.82, 2.24) is 4.72 Å². The number of ether oxygens (including phenoxy) is 1. The van der Waals surface area contributed by atoms with Gasteiger partial charge in [-0.25, -0.2) is 25.9 Å². The fourth-order valence-electron chi connectivity index (χ4n) is 2.32. The molecule has 0 spiro atoms. The van der Waals surface area contributed by atoms with Gasteiger partial charge in [0.15, 0.2) is 0 Å². The molecule has 0 saturated heterocycles. The molecule has 10 heteroatoms. The van der Waals surface area contributed by atoms with Crippen molar-refractivity contribution in [3.05, 3.63) is 53.8 Å². The third-order valence-electron chi connectivity index (χ3n) is 3.41. The molecule has 2 aromatic carbocycles. The second-order valence-corrected chi connectivity index (χ2v) is 9.56. The number of nitrogens with one attached hydrogen (secondary N) is 2. The van der Waals surface area contributed by atoms with Crippen molar-refractivity contribution in [2.24, 2.45) is 0 Å². The topological polar surface area (TPSA) is 102 Å². The van der Waals surface area contributed by atoms with Crippen LogP contribution < -0.4 is 14.2 Å². The highest BCUT2D eigenvalue weighted by Gasteiger charge is 2.20. The largest absolute Gasteiger partial charge is 0.495 e. The van der Waals surface area contributed by atoms with Crippen LogP contribution in [0.25, 0.3) is 0 Å². The normalized spacial score (nSPS) is 12.2. The number of halogens is 1. The summed E-state index contributed by atoms with van der Waals surface area (Å²) in [5, 5.41) is 0.